The SMILES string of the molecule is C1=C(c2ccccc2)C(C2=CCCc3ccccc32)c2ccccc21. The predicted molar refractivity (Wildman–Crippen MR) is 106 cm³/mol. The van der Waals surface area contributed by atoms with Gasteiger partial charge in [0, 0.05) is 5.92 Å². The van der Waals surface area contributed by atoms with Crippen molar-refractivity contribution in [3.63, 3.8) is 0 Å². The van der Waals surface area contributed by atoms with Crippen molar-refractivity contribution in [1.82, 2.24) is 0 Å². The van der Waals surface area contributed by atoms with E-state index in [0.29, 0.717) is 5.92 Å². The molecule has 0 spiro atoms. The highest BCUT2D eigenvalue weighted by atomic mass is 14.3. The van der Waals surface area contributed by atoms with Crippen LogP contribution in [0.2, 0.25) is 0 Å². The lowest BCUT2D eigenvalue weighted by molar-refractivity contribution is 0.955. The zero-order chi connectivity index (χ0) is 16.6. The van der Waals surface area contributed by atoms with Crippen LogP contribution in [-0.4, -0.2) is 0 Å². The Morgan fingerprint density at radius 3 is 2.36 bits per heavy atom. The van der Waals surface area contributed by atoms with Crippen molar-refractivity contribution >= 4 is 17.2 Å². The summed E-state index contributed by atoms with van der Waals surface area (Å²) in [7, 11) is 0. The minimum Gasteiger partial charge on any atom is -0.0794 e. The Balaban J connectivity index is 1.70. The van der Waals surface area contributed by atoms with Crippen LogP contribution in [-0.2, 0) is 6.42 Å². The van der Waals surface area contributed by atoms with E-state index < -0.39 is 0 Å². The number of benzene rings is 3. The van der Waals surface area contributed by atoms with E-state index in [0.717, 1.165) is 12.8 Å². The van der Waals surface area contributed by atoms with Gasteiger partial charge in [-0.05, 0) is 57.9 Å². The van der Waals surface area contributed by atoms with Crippen LogP contribution in [0.4, 0.5) is 0 Å². The average Bonchev–Trinajstić information content (AvgIpc) is 3.08. The Bertz CT molecular complexity index is 989. The van der Waals surface area contributed by atoms with Crippen molar-refractivity contribution in [3.8, 4) is 0 Å². The second kappa shape index (κ2) is 5.89. The van der Waals surface area contributed by atoms with Crippen LogP contribution in [0.3, 0.4) is 0 Å². The fourth-order valence-electron chi connectivity index (χ4n) is 4.33. The number of fused-ring (bicyclic) bond motifs is 2. The zero-order valence-electron chi connectivity index (χ0n) is 14.2. The average molecular weight is 320 g/mol. The Labute approximate surface area is 149 Å². The van der Waals surface area contributed by atoms with Crippen LogP contribution in [0.15, 0.2) is 84.9 Å². The van der Waals surface area contributed by atoms with E-state index in [-0.39, 0.29) is 0 Å². The van der Waals surface area contributed by atoms with Gasteiger partial charge in [0.15, 0.2) is 0 Å². The summed E-state index contributed by atoms with van der Waals surface area (Å²) in [4.78, 5) is 0. The van der Waals surface area contributed by atoms with Gasteiger partial charge >= 0.3 is 0 Å². The second-order valence-electron chi connectivity index (χ2n) is 6.88. The standard InChI is InChI=1S/C25H20/c1-2-9-19(10-3-1)24-17-20-12-5-7-15-22(20)25(24)23-16-8-13-18-11-4-6-14-21(18)23/h1-7,9-12,14-17,25H,8,13H2. The molecular weight excluding hydrogens is 300 g/mol. The largest absolute Gasteiger partial charge is 0.0794 e. The molecule has 0 aliphatic heterocycles. The summed E-state index contributed by atoms with van der Waals surface area (Å²) in [5, 5.41) is 0. The van der Waals surface area contributed by atoms with Gasteiger partial charge in [-0.2, -0.15) is 0 Å². The third kappa shape index (κ3) is 2.37. The summed E-state index contributed by atoms with van der Waals surface area (Å²) in [6.07, 6.45) is 7.13. The molecule has 0 nitrogen and oxygen atoms in total. The highest BCUT2D eigenvalue weighted by Crippen LogP contribution is 2.50. The highest BCUT2D eigenvalue weighted by Gasteiger charge is 2.31. The van der Waals surface area contributed by atoms with Crippen molar-refractivity contribution in [2.45, 2.75) is 18.8 Å². The molecule has 3 aromatic rings. The van der Waals surface area contributed by atoms with E-state index in [1.807, 2.05) is 0 Å². The molecule has 0 fully saturated rings. The second-order valence-corrected chi connectivity index (χ2v) is 6.88. The molecule has 3 aromatic carbocycles. The van der Waals surface area contributed by atoms with Gasteiger partial charge in [-0.15, -0.1) is 0 Å². The topological polar surface area (TPSA) is 0 Å². The third-order valence-electron chi connectivity index (χ3n) is 5.45. The van der Waals surface area contributed by atoms with Gasteiger partial charge in [0.1, 0.15) is 0 Å². The van der Waals surface area contributed by atoms with E-state index in [9.17, 15) is 0 Å². The maximum absolute atomic E-state index is 2.46. The van der Waals surface area contributed by atoms with Crippen LogP contribution in [0.25, 0.3) is 17.2 Å². The molecule has 2 aliphatic carbocycles. The molecule has 2 aliphatic rings. The molecular formula is C25H20. The number of hydrogen-bond donors (Lipinski definition) is 0. The molecule has 0 saturated heterocycles. The minimum atomic E-state index is 0.333. The molecule has 0 bridgehead atoms. The molecule has 1 unspecified atom stereocenters. The quantitative estimate of drug-likeness (QED) is 0.516. The molecule has 0 heterocycles. The Morgan fingerprint density at radius 2 is 1.44 bits per heavy atom. The van der Waals surface area contributed by atoms with Crippen LogP contribution in [0.5, 0.6) is 0 Å². The Morgan fingerprint density at radius 1 is 0.680 bits per heavy atom. The third-order valence-corrected chi connectivity index (χ3v) is 5.45. The molecule has 5 rings (SSSR count). The van der Waals surface area contributed by atoms with Crippen LogP contribution in [0, 0.1) is 0 Å². The molecule has 0 amide bonds. The van der Waals surface area contributed by atoms with E-state index in [2.05, 4.69) is 91.0 Å². The van der Waals surface area contributed by atoms with Crippen LogP contribution in [0.1, 0.15) is 40.2 Å². The Hall–Kier alpha value is -2.86. The van der Waals surface area contributed by atoms with Crippen molar-refractivity contribution in [1.29, 1.82) is 0 Å². The smallest absolute Gasteiger partial charge is 0.0354 e. The first-order valence-corrected chi connectivity index (χ1v) is 9.06. The highest BCUT2D eigenvalue weighted by molar-refractivity contribution is 6.00. The maximum Gasteiger partial charge on any atom is 0.0354 e. The summed E-state index contributed by atoms with van der Waals surface area (Å²) in [5.41, 5.74) is 9.92. The van der Waals surface area contributed by atoms with E-state index in [1.54, 1.807) is 0 Å². The zero-order valence-corrected chi connectivity index (χ0v) is 14.2. The molecule has 0 N–H and O–H groups in total. The lowest BCUT2D eigenvalue weighted by Crippen LogP contribution is -2.08. The summed E-state index contributed by atoms with van der Waals surface area (Å²) in [5.74, 6) is 0.333. The van der Waals surface area contributed by atoms with Crippen LogP contribution >= 0.6 is 0 Å². The lowest BCUT2D eigenvalue weighted by atomic mass is 9.77. The van der Waals surface area contributed by atoms with Gasteiger partial charge in [-0.25, -0.2) is 0 Å². The normalized spacial score (nSPS) is 18.2. The molecule has 25 heavy (non-hydrogen) atoms. The van der Waals surface area contributed by atoms with Gasteiger partial charge in [0.2, 0.25) is 0 Å². The first-order valence-electron chi connectivity index (χ1n) is 9.06. The molecule has 0 heteroatoms. The van der Waals surface area contributed by atoms with E-state index in [4.69, 9.17) is 0 Å². The maximum atomic E-state index is 2.46. The molecule has 0 aromatic heterocycles. The molecule has 1 atom stereocenters. The van der Waals surface area contributed by atoms with E-state index in [1.165, 1.54) is 39.0 Å². The van der Waals surface area contributed by atoms with Gasteiger partial charge in [0.05, 0.1) is 0 Å². The van der Waals surface area contributed by atoms with Gasteiger partial charge in [-0.3, -0.25) is 0 Å². The van der Waals surface area contributed by atoms with E-state index >= 15 is 0 Å². The summed E-state index contributed by atoms with van der Waals surface area (Å²) in [6.45, 7) is 0. The molecule has 120 valence electrons. The summed E-state index contributed by atoms with van der Waals surface area (Å²) < 4.78 is 0. The first kappa shape index (κ1) is 14.5. The minimum absolute atomic E-state index is 0.333. The Kier molecular flexibility index (Phi) is 3.41. The first-order chi connectivity index (χ1) is 12.4. The number of allylic oxidation sites excluding steroid dienone is 3. The van der Waals surface area contributed by atoms with Crippen molar-refractivity contribution in [2.24, 2.45) is 0 Å². The number of aryl methyl sites for hydroxylation is 1. The number of hydrogen-bond acceptors (Lipinski definition) is 0. The van der Waals surface area contributed by atoms with Crippen molar-refractivity contribution in [3.05, 3.63) is 113 Å². The number of rotatable bonds is 2. The van der Waals surface area contributed by atoms with Gasteiger partial charge < -0.3 is 0 Å². The van der Waals surface area contributed by atoms with Gasteiger partial charge in [-0.1, -0.05) is 84.9 Å². The van der Waals surface area contributed by atoms with Crippen molar-refractivity contribution in [2.75, 3.05) is 0 Å². The summed E-state index contributed by atoms with van der Waals surface area (Å²) in [6, 6.07) is 28.6. The van der Waals surface area contributed by atoms with Crippen molar-refractivity contribution < 1.29 is 0 Å². The van der Waals surface area contributed by atoms with Gasteiger partial charge in [0.25, 0.3) is 0 Å². The fraction of sp³-hybridized carbons (Fsp3) is 0.120. The summed E-state index contributed by atoms with van der Waals surface area (Å²) >= 11 is 0. The molecule has 0 saturated carbocycles. The fourth-order valence-corrected chi connectivity index (χ4v) is 4.33. The monoisotopic (exact) mass is 320 g/mol. The predicted octanol–water partition coefficient (Wildman–Crippen LogP) is 6.35. The lowest BCUT2D eigenvalue weighted by Gasteiger charge is -2.26. The molecule has 0 radical (unpaired) electrons. The van der Waals surface area contributed by atoms with Crippen LogP contribution < -0.4 is 0 Å².